The number of aromatic amines is 1. The first-order valence-corrected chi connectivity index (χ1v) is 23.7. The minimum Gasteiger partial charge on any atom is -0.394 e. The van der Waals surface area contributed by atoms with Crippen LogP contribution in [-0.4, -0.2) is 180 Å². The number of aliphatic hydroxyl groups is 6. The zero-order chi connectivity index (χ0) is 50.2. The zero-order valence-corrected chi connectivity index (χ0v) is 39.7. The predicted octanol–water partition coefficient (Wildman–Crippen LogP) is 0.0542. The Labute approximate surface area is 398 Å². The minimum absolute atomic E-state index is 0.0247. The summed E-state index contributed by atoms with van der Waals surface area (Å²) in [5.41, 5.74) is 2.25. The molecule has 4 amide bonds. The molecule has 3 unspecified atom stereocenters. The molecule has 0 spiro atoms. The van der Waals surface area contributed by atoms with Crippen molar-refractivity contribution in [3.05, 3.63) is 59.2 Å². The average molecular weight is 969 g/mol. The lowest BCUT2D eigenvalue weighted by Gasteiger charge is -2.41. The molecule has 21 heteroatoms. The summed E-state index contributed by atoms with van der Waals surface area (Å²) >= 11 is 0. The van der Waals surface area contributed by atoms with E-state index in [-0.39, 0.29) is 37.1 Å². The normalized spacial score (nSPS) is 25.7. The van der Waals surface area contributed by atoms with Crippen molar-refractivity contribution in [3.63, 3.8) is 0 Å². The fourth-order valence-corrected chi connectivity index (χ4v) is 10.1. The molecular weight excluding hydrogens is 903 g/mol. The number of aromatic nitrogens is 2. The Bertz CT molecular complexity index is 2520. The number of hydrogen-bond donors (Lipinski definition) is 11. The van der Waals surface area contributed by atoms with Crippen LogP contribution < -0.4 is 21.3 Å². The van der Waals surface area contributed by atoms with Crippen molar-refractivity contribution in [2.45, 2.75) is 145 Å². The Morgan fingerprint density at radius 2 is 1.25 bits per heavy atom. The Hall–Kier alpha value is -5.10. The number of rotatable bonds is 17. The second kappa shape index (κ2) is 21.5. The van der Waals surface area contributed by atoms with E-state index in [1.165, 1.54) is 54.8 Å². The highest BCUT2D eigenvalue weighted by atomic mass is 19.1. The van der Waals surface area contributed by atoms with Crippen LogP contribution in [0.1, 0.15) is 70.7 Å². The zero-order valence-electron chi connectivity index (χ0n) is 39.7. The molecular formula is C48H66F2N8O11. The molecule has 69 heavy (non-hydrogen) atoms. The maximum Gasteiger partial charge on any atom is 0.248 e. The van der Waals surface area contributed by atoms with Gasteiger partial charge >= 0.3 is 0 Å². The van der Waals surface area contributed by atoms with Gasteiger partial charge in [0.15, 0.2) is 6.23 Å². The molecule has 11 N–H and O–H groups in total. The minimum atomic E-state index is -1.83. The molecule has 19 nitrogen and oxygen atoms in total. The molecule has 3 aliphatic heterocycles. The highest BCUT2D eigenvalue weighted by Crippen LogP contribution is 2.45. The molecule has 4 aromatic rings. The van der Waals surface area contributed by atoms with Gasteiger partial charge in [0, 0.05) is 41.5 Å². The largest absolute Gasteiger partial charge is 0.394 e. The number of ether oxygens (including phenoxy) is 1. The van der Waals surface area contributed by atoms with E-state index in [4.69, 9.17) is 4.74 Å². The number of hydrogen-bond acceptors (Lipinski definition) is 13. The van der Waals surface area contributed by atoms with Crippen LogP contribution in [0.25, 0.3) is 33.2 Å². The number of H-pyrrole nitrogens is 1. The topological polar surface area (TPSA) is 274 Å². The van der Waals surface area contributed by atoms with Crippen molar-refractivity contribution in [1.82, 2.24) is 40.6 Å². The Morgan fingerprint density at radius 1 is 0.739 bits per heavy atom. The summed E-state index contributed by atoms with van der Waals surface area (Å²) < 4.78 is 39.0. The van der Waals surface area contributed by atoms with E-state index < -0.39 is 121 Å². The number of carbonyl (C=O) groups excluding carboxylic acids is 4. The Morgan fingerprint density at radius 3 is 1.75 bits per heavy atom. The van der Waals surface area contributed by atoms with Gasteiger partial charge in [-0.25, -0.2) is 8.78 Å². The number of fused-ring (bicyclic) bond motifs is 2. The van der Waals surface area contributed by atoms with Crippen LogP contribution in [0.2, 0.25) is 0 Å². The van der Waals surface area contributed by atoms with Gasteiger partial charge in [0.2, 0.25) is 23.6 Å². The van der Waals surface area contributed by atoms with Gasteiger partial charge in [-0.1, -0.05) is 0 Å². The molecule has 7 rings (SSSR count). The fraction of sp³-hybridized carbons (Fsp3) is 0.583. The summed E-state index contributed by atoms with van der Waals surface area (Å²) in [5, 5.41) is 77.7. The van der Waals surface area contributed by atoms with Crippen molar-refractivity contribution < 1.29 is 63.3 Å². The van der Waals surface area contributed by atoms with E-state index in [1.807, 2.05) is 0 Å². The molecule has 0 radical (unpaired) electrons. The number of amides is 4. The van der Waals surface area contributed by atoms with Gasteiger partial charge in [-0.3, -0.25) is 19.2 Å². The Kier molecular flexibility index (Phi) is 16.1. The molecule has 378 valence electrons. The van der Waals surface area contributed by atoms with Gasteiger partial charge in [-0.05, 0) is 128 Å². The number of likely N-dealkylation sites (tertiary alicyclic amines) is 2. The van der Waals surface area contributed by atoms with Gasteiger partial charge in [0.25, 0.3) is 0 Å². The maximum atomic E-state index is 15.7. The molecule has 3 saturated heterocycles. The molecule has 2 aromatic heterocycles. The van der Waals surface area contributed by atoms with Gasteiger partial charge in [0.1, 0.15) is 48.1 Å². The van der Waals surface area contributed by atoms with E-state index in [0.29, 0.717) is 58.8 Å². The van der Waals surface area contributed by atoms with Gasteiger partial charge in [0.05, 0.1) is 47.8 Å². The van der Waals surface area contributed by atoms with Crippen LogP contribution in [0.4, 0.5) is 8.78 Å². The lowest BCUT2D eigenvalue weighted by Crippen LogP contribution is -2.57. The average Bonchev–Trinajstić information content (AvgIpc) is 4.13. The second-order valence-electron chi connectivity index (χ2n) is 18.8. The first-order chi connectivity index (χ1) is 32.8. The molecule has 3 fully saturated rings. The third kappa shape index (κ3) is 10.2. The van der Waals surface area contributed by atoms with E-state index in [0.717, 1.165) is 0 Å². The molecule has 2 aromatic carbocycles. The summed E-state index contributed by atoms with van der Waals surface area (Å²) in [6, 6.07) is 2.93. The quantitative estimate of drug-likeness (QED) is 0.0669. The SMILES string of the molecule is CN[C@@H](C)C(=O)N[C@H](C(=O)N1CCC[C@H]1Cc1c(-c2c(C[C@@H]3CCCN3C(=O)[C@@H](NC(=O)[C@H](C)NC)C(C)O)c3cc(F)ccc3n2C2O[C@H](CO)[C@H](O)[C@H](O)[C@H]2O)[nH]c2ccc(F)cc12)C(C)O. The van der Waals surface area contributed by atoms with Crippen molar-refractivity contribution >= 4 is 45.4 Å². The fourth-order valence-electron chi connectivity index (χ4n) is 10.1. The summed E-state index contributed by atoms with van der Waals surface area (Å²) in [6.07, 6.45) is -8.75. The highest BCUT2D eigenvalue weighted by molar-refractivity contribution is 5.98. The second-order valence-corrected chi connectivity index (χ2v) is 18.8. The van der Waals surface area contributed by atoms with Crippen LogP contribution in [0.3, 0.4) is 0 Å². The third-order valence-corrected chi connectivity index (χ3v) is 14.2. The summed E-state index contributed by atoms with van der Waals surface area (Å²) in [4.78, 5) is 61.4. The number of nitrogens with one attached hydrogen (secondary N) is 5. The molecule has 13 atom stereocenters. The highest BCUT2D eigenvalue weighted by Gasteiger charge is 2.47. The van der Waals surface area contributed by atoms with E-state index in [9.17, 15) is 49.8 Å². The lowest BCUT2D eigenvalue weighted by atomic mass is 9.94. The first kappa shape index (κ1) is 51.7. The summed E-state index contributed by atoms with van der Waals surface area (Å²) in [5.74, 6) is -3.29. The van der Waals surface area contributed by atoms with Crippen molar-refractivity contribution in [3.8, 4) is 11.4 Å². The van der Waals surface area contributed by atoms with E-state index in [2.05, 4.69) is 26.3 Å². The molecule has 5 heterocycles. The van der Waals surface area contributed by atoms with Crippen LogP contribution >= 0.6 is 0 Å². The number of aliphatic hydroxyl groups excluding tert-OH is 6. The number of carbonyl (C=O) groups is 4. The predicted molar refractivity (Wildman–Crippen MR) is 249 cm³/mol. The standard InChI is InChI=1S/C48H66F2N8O11/c1-22(51-5)44(65)54-37(24(3)60)46(67)56-15-7-9-28(56)19-32-30-17-26(49)11-13-34(30)53-39(32)40-33(20-29-10-8-16-57(29)47(68)38(25(4)61)55-45(66)23(2)52-6)31-18-27(50)12-14-35(31)58(40)48-43(64)42(63)41(62)36(21-59)69-48/h11-14,17-18,22-25,28-29,36-38,41-43,48,51-53,59-64H,7-10,15-16,19-21H2,1-6H3,(H,54,65)(H,55,66)/t22-,23-,24?,25?,28-,29-,36+,37-,38-,41-,42-,43+,48?/m0/s1. The molecule has 0 saturated carbocycles. The monoisotopic (exact) mass is 968 g/mol. The van der Waals surface area contributed by atoms with Crippen LogP contribution in [-0.2, 0) is 36.8 Å². The third-order valence-electron chi connectivity index (χ3n) is 14.2. The summed E-state index contributed by atoms with van der Waals surface area (Å²) in [7, 11) is 3.17. The van der Waals surface area contributed by atoms with Crippen LogP contribution in [0.15, 0.2) is 36.4 Å². The smallest absolute Gasteiger partial charge is 0.248 e. The van der Waals surface area contributed by atoms with Gasteiger partial charge < -0.3 is 76.0 Å². The molecule has 0 bridgehead atoms. The lowest BCUT2D eigenvalue weighted by molar-refractivity contribution is -0.249. The first-order valence-electron chi connectivity index (χ1n) is 23.7. The Balaban J connectivity index is 1.42. The maximum absolute atomic E-state index is 15.7. The van der Waals surface area contributed by atoms with E-state index >= 15 is 8.78 Å². The van der Waals surface area contributed by atoms with E-state index in [1.54, 1.807) is 37.7 Å². The van der Waals surface area contributed by atoms with Crippen LogP contribution in [0.5, 0.6) is 0 Å². The van der Waals surface area contributed by atoms with Crippen molar-refractivity contribution in [2.24, 2.45) is 0 Å². The van der Waals surface area contributed by atoms with Crippen LogP contribution in [0, 0.1) is 11.6 Å². The van der Waals surface area contributed by atoms with Crippen molar-refractivity contribution in [1.29, 1.82) is 0 Å². The number of likely N-dealkylation sites (N-methyl/N-ethyl adjacent to an activating group) is 2. The number of halogens is 2. The number of nitrogens with zero attached hydrogens (tertiary/aromatic N) is 3. The molecule has 0 aliphatic carbocycles. The van der Waals surface area contributed by atoms with Gasteiger partial charge in [-0.2, -0.15) is 0 Å². The number of benzene rings is 2. The summed E-state index contributed by atoms with van der Waals surface area (Å²) in [6.45, 7) is 5.80. The van der Waals surface area contributed by atoms with Crippen molar-refractivity contribution in [2.75, 3.05) is 33.8 Å². The molecule has 3 aliphatic rings. The van der Waals surface area contributed by atoms with Gasteiger partial charge in [-0.15, -0.1) is 0 Å².